The average Bonchev–Trinajstić information content (AvgIpc) is 2.77. The monoisotopic (exact) mass is 387 g/mol. The number of hydrogen-bond donors (Lipinski definition) is 1. The molecule has 3 aromatic rings. The Balaban J connectivity index is 2.01. The van der Waals surface area contributed by atoms with Crippen LogP contribution in [0.15, 0.2) is 48.5 Å². The predicted octanol–water partition coefficient (Wildman–Crippen LogP) is 4.19. The molecule has 0 saturated carbocycles. The van der Waals surface area contributed by atoms with Gasteiger partial charge in [-0.05, 0) is 55.2 Å². The number of carbonyl (C=O) groups excluding carboxylic acids is 1. The third-order valence-corrected chi connectivity index (χ3v) is 5.29. The first-order chi connectivity index (χ1) is 13.9. The second-order valence-electron chi connectivity index (χ2n) is 7.32. The Morgan fingerprint density at radius 1 is 1.24 bits per heavy atom. The van der Waals surface area contributed by atoms with Crippen molar-refractivity contribution in [2.75, 3.05) is 14.2 Å². The zero-order valence-corrected chi connectivity index (χ0v) is 17.2. The molecule has 3 rings (SSSR count). The van der Waals surface area contributed by atoms with Gasteiger partial charge in [0.2, 0.25) is 5.88 Å². The zero-order chi connectivity index (χ0) is 21.0. The number of aromatic nitrogens is 1. The molecule has 5 heteroatoms. The number of carbonyl (C=O) groups is 1. The maximum atomic E-state index is 11.9. The first kappa shape index (κ1) is 20.3. The van der Waals surface area contributed by atoms with E-state index in [-0.39, 0.29) is 5.91 Å². The van der Waals surface area contributed by atoms with E-state index in [1.807, 2.05) is 43.3 Å². The molecule has 0 radical (unpaired) electrons. The summed E-state index contributed by atoms with van der Waals surface area (Å²) in [7, 11) is 3.23. The van der Waals surface area contributed by atoms with Crippen molar-refractivity contribution in [3.63, 3.8) is 0 Å². The van der Waals surface area contributed by atoms with E-state index >= 15 is 0 Å². The molecule has 0 bridgehead atoms. The van der Waals surface area contributed by atoms with E-state index in [0.29, 0.717) is 17.9 Å². The zero-order valence-electron chi connectivity index (χ0n) is 17.2. The summed E-state index contributed by atoms with van der Waals surface area (Å²) in [5.41, 5.74) is 3.51. The largest absolute Gasteiger partial charge is 0.481 e. The van der Waals surface area contributed by atoms with Crippen molar-refractivity contribution in [2.24, 2.45) is 0 Å². The van der Waals surface area contributed by atoms with Gasteiger partial charge in [-0.3, -0.25) is 4.79 Å². The van der Waals surface area contributed by atoms with Crippen LogP contribution in [0.4, 0.5) is 0 Å². The number of hydrogen-bond acceptors (Lipinski definition) is 4. The molecule has 1 heterocycles. The molecule has 2 aromatic carbocycles. The van der Waals surface area contributed by atoms with Gasteiger partial charge in [-0.2, -0.15) is 5.26 Å². The van der Waals surface area contributed by atoms with Crippen molar-refractivity contribution in [1.29, 1.82) is 5.26 Å². The van der Waals surface area contributed by atoms with Crippen LogP contribution in [-0.4, -0.2) is 25.0 Å². The topological polar surface area (TPSA) is 75.0 Å². The third kappa shape index (κ3) is 4.07. The molecule has 0 saturated heterocycles. The summed E-state index contributed by atoms with van der Waals surface area (Å²) in [6.45, 7) is 3.98. The molecule has 0 aliphatic carbocycles. The van der Waals surface area contributed by atoms with E-state index < -0.39 is 5.41 Å². The number of benzene rings is 2. The first-order valence-electron chi connectivity index (χ1n) is 9.64. The maximum Gasteiger partial charge on any atom is 0.251 e. The number of aryl methyl sites for hydroxylation is 1. The van der Waals surface area contributed by atoms with Gasteiger partial charge in [0, 0.05) is 23.6 Å². The predicted molar refractivity (Wildman–Crippen MR) is 114 cm³/mol. The van der Waals surface area contributed by atoms with Gasteiger partial charge in [-0.25, -0.2) is 4.98 Å². The van der Waals surface area contributed by atoms with Gasteiger partial charge in [0.15, 0.2) is 0 Å². The lowest BCUT2D eigenvalue weighted by Crippen LogP contribution is -2.23. The molecule has 5 nitrogen and oxygen atoms in total. The number of nitrogens with zero attached hydrogens (tertiary/aromatic N) is 2. The lowest BCUT2D eigenvalue weighted by atomic mass is 9.78. The van der Waals surface area contributed by atoms with Crippen LogP contribution in [0.25, 0.3) is 10.9 Å². The van der Waals surface area contributed by atoms with E-state index in [4.69, 9.17) is 4.74 Å². The van der Waals surface area contributed by atoms with Crippen LogP contribution < -0.4 is 10.1 Å². The normalized spacial score (nSPS) is 12.8. The van der Waals surface area contributed by atoms with Crippen molar-refractivity contribution in [2.45, 2.75) is 32.1 Å². The fourth-order valence-corrected chi connectivity index (χ4v) is 3.55. The number of nitrogens with one attached hydrogen (secondary N) is 1. The highest BCUT2D eigenvalue weighted by Crippen LogP contribution is 2.31. The van der Waals surface area contributed by atoms with Crippen molar-refractivity contribution in [1.82, 2.24) is 10.3 Å². The van der Waals surface area contributed by atoms with Gasteiger partial charge in [0.05, 0.1) is 24.1 Å². The number of nitriles is 1. The molecule has 0 aliphatic heterocycles. The van der Waals surface area contributed by atoms with E-state index in [1.54, 1.807) is 20.2 Å². The van der Waals surface area contributed by atoms with Crippen molar-refractivity contribution >= 4 is 16.8 Å². The minimum atomic E-state index is -0.756. The summed E-state index contributed by atoms with van der Waals surface area (Å²) in [5, 5.41) is 13.7. The van der Waals surface area contributed by atoms with E-state index in [1.165, 1.54) is 0 Å². The lowest BCUT2D eigenvalue weighted by molar-refractivity contribution is 0.0963. The summed E-state index contributed by atoms with van der Waals surface area (Å²) < 4.78 is 5.42. The van der Waals surface area contributed by atoms with Crippen molar-refractivity contribution in [3.8, 4) is 11.9 Å². The highest BCUT2D eigenvalue weighted by molar-refractivity contribution is 5.94. The fourth-order valence-electron chi connectivity index (χ4n) is 3.55. The summed E-state index contributed by atoms with van der Waals surface area (Å²) in [6, 6.07) is 17.9. The second-order valence-corrected chi connectivity index (χ2v) is 7.32. The van der Waals surface area contributed by atoms with Gasteiger partial charge in [-0.1, -0.05) is 31.2 Å². The van der Waals surface area contributed by atoms with E-state index in [2.05, 4.69) is 29.4 Å². The highest BCUT2D eigenvalue weighted by Gasteiger charge is 2.28. The van der Waals surface area contributed by atoms with E-state index in [9.17, 15) is 10.1 Å². The second kappa shape index (κ2) is 8.32. The van der Waals surface area contributed by atoms with Crippen LogP contribution in [0.3, 0.4) is 0 Å². The Kier molecular flexibility index (Phi) is 5.84. The number of amides is 1. The smallest absolute Gasteiger partial charge is 0.251 e. The molecule has 0 aliphatic rings. The van der Waals surface area contributed by atoms with Crippen LogP contribution in [0.2, 0.25) is 0 Å². The Bertz CT molecular complexity index is 1100. The molecule has 1 atom stereocenters. The van der Waals surface area contributed by atoms with Gasteiger partial charge in [0.1, 0.15) is 0 Å². The first-order valence-corrected chi connectivity index (χ1v) is 9.64. The fraction of sp³-hybridized carbons (Fsp3) is 0.292. The van der Waals surface area contributed by atoms with Crippen LogP contribution in [0.5, 0.6) is 5.88 Å². The lowest BCUT2D eigenvalue weighted by Gasteiger charge is -2.23. The minimum absolute atomic E-state index is 0.140. The molecule has 1 amide bonds. The molecule has 148 valence electrons. The Labute approximate surface area is 171 Å². The molecular formula is C24H25N3O2. The molecule has 29 heavy (non-hydrogen) atoms. The molecule has 1 N–H and O–H groups in total. The number of rotatable bonds is 6. The van der Waals surface area contributed by atoms with Crippen LogP contribution >= 0.6 is 0 Å². The summed E-state index contributed by atoms with van der Waals surface area (Å²) in [6.07, 6.45) is 1.33. The number of pyridine rings is 1. The summed E-state index contributed by atoms with van der Waals surface area (Å²) in [5.74, 6) is 0.480. The Hall–Kier alpha value is -3.39. The van der Waals surface area contributed by atoms with Gasteiger partial charge >= 0.3 is 0 Å². The van der Waals surface area contributed by atoms with Crippen molar-refractivity contribution < 1.29 is 9.53 Å². The molecule has 0 spiro atoms. The molecule has 1 unspecified atom stereocenters. The highest BCUT2D eigenvalue weighted by atomic mass is 16.5. The molecule has 0 fully saturated rings. The number of ether oxygens (including phenoxy) is 1. The molecule has 1 aromatic heterocycles. The van der Waals surface area contributed by atoms with Gasteiger partial charge in [0.25, 0.3) is 5.91 Å². The maximum absolute atomic E-state index is 11.9. The van der Waals surface area contributed by atoms with Crippen molar-refractivity contribution in [3.05, 3.63) is 70.8 Å². The van der Waals surface area contributed by atoms with E-state index in [0.717, 1.165) is 34.0 Å². The van der Waals surface area contributed by atoms with Gasteiger partial charge < -0.3 is 10.1 Å². The number of fused-ring (bicyclic) bond motifs is 1. The SMILES string of the molecule is CCc1cc2ccc(C(C)(C#N)Cc3cccc(C(=O)NC)c3)cc2nc1OC. The van der Waals surface area contributed by atoms with Crippen LogP contribution in [-0.2, 0) is 18.3 Å². The standard InChI is InChI=1S/C24H25N3O2/c1-5-17-12-18-9-10-20(13-21(18)27-23(17)29-4)24(2,15-25)14-16-7-6-8-19(11-16)22(28)26-3/h6-13H,5,14H2,1-4H3,(H,26,28). The summed E-state index contributed by atoms with van der Waals surface area (Å²) in [4.78, 5) is 16.6. The van der Waals surface area contributed by atoms with Crippen LogP contribution in [0.1, 0.15) is 40.9 Å². The van der Waals surface area contributed by atoms with Gasteiger partial charge in [-0.15, -0.1) is 0 Å². The molecular weight excluding hydrogens is 362 g/mol. The third-order valence-electron chi connectivity index (χ3n) is 5.29. The minimum Gasteiger partial charge on any atom is -0.481 e. The average molecular weight is 387 g/mol. The Morgan fingerprint density at radius 2 is 2.03 bits per heavy atom. The number of methoxy groups -OCH3 is 1. The van der Waals surface area contributed by atoms with Crippen LogP contribution in [0, 0.1) is 11.3 Å². The quantitative estimate of drug-likeness (QED) is 0.688. The Morgan fingerprint density at radius 3 is 2.69 bits per heavy atom. The summed E-state index contributed by atoms with van der Waals surface area (Å²) >= 11 is 0.